The average molecular weight is 225 g/mol. The van der Waals surface area contributed by atoms with Crippen molar-refractivity contribution >= 4 is 0 Å². The Morgan fingerprint density at radius 3 is 2.50 bits per heavy atom. The van der Waals surface area contributed by atoms with Crippen LogP contribution < -0.4 is 5.32 Å². The highest BCUT2D eigenvalue weighted by molar-refractivity contribution is 4.97. The topological polar surface area (TPSA) is 21.3 Å². The fraction of sp³-hybridized carbons (Fsp3) is 1.00. The van der Waals surface area contributed by atoms with Gasteiger partial charge in [0.25, 0.3) is 0 Å². The van der Waals surface area contributed by atoms with Gasteiger partial charge in [0.15, 0.2) is 0 Å². The number of hydrogen-bond acceptors (Lipinski definition) is 2. The zero-order valence-electron chi connectivity index (χ0n) is 11.3. The molecule has 2 aliphatic rings. The molecular formula is C14H27NO. The predicted octanol–water partition coefficient (Wildman–Crippen LogP) is 2.97. The zero-order valence-corrected chi connectivity index (χ0v) is 11.3. The summed E-state index contributed by atoms with van der Waals surface area (Å²) in [5.74, 6) is 1.59. The molecule has 1 saturated heterocycles. The van der Waals surface area contributed by atoms with E-state index in [-0.39, 0.29) is 5.60 Å². The smallest absolute Gasteiger partial charge is 0.0805 e. The van der Waals surface area contributed by atoms with Gasteiger partial charge in [-0.25, -0.2) is 0 Å². The maximum Gasteiger partial charge on any atom is 0.0805 e. The van der Waals surface area contributed by atoms with Gasteiger partial charge in [-0.1, -0.05) is 27.7 Å². The normalized spacial score (nSPS) is 42.8. The van der Waals surface area contributed by atoms with Crippen LogP contribution in [0.4, 0.5) is 0 Å². The van der Waals surface area contributed by atoms with Gasteiger partial charge in [-0.05, 0) is 37.5 Å². The second-order valence-corrected chi connectivity index (χ2v) is 6.01. The van der Waals surface area contributed by atoms with Gasteiger partial charge in [0.1, 0.15) is 0 Å². The van der Waals surface area contributed by atoms with Gasteiger partial charge in [-0.2, -0.15) is 0 Å². The molecule has 2 nitrogen and oxygen atoms in total. The molecule has 0 spiro atoms. The van der Waals surface area contributed by atoms with E-state index in [4.69, 9.17) is 4.74 Å². The summed E-state index contributed by atoms with van der Waals surface area (Å²) in [6, 6.07) is 0.599. The number of rotatable bonds is 2. The van der Waals surface area contributed by atoms with Crippen LogP contribution in [0.5, 0.6) is 0 Å². The molecule has 4 atom stereocenters. The van der Waals surface area contributed by atoms with E-state index >= 15 is 0 Å². The molecule has 0 aromatic rings. The fourth-order valence-electron chi connectivity index (χ4n) is 3.57. The molecule has 0 amide bonds. The largest absolute Gasteiger partial charge is 0.369 e. The van der Waals surface area contributed by atoms with Crippen LogP contribution in [0.2, 0.25) is 0 Å². The molecule has 2 rings (SSSR count). The van der Waals surface area contributed by atoms with Crippen molar-refractivity contribution < 1.29 is 4.74 Å². The molecule has 1 aliphatic heterocycles. The van der Waals surface area contributed by atoms with E-state index in [9.17, 15) is 0 Å². The lowest BCUT2D eigenvalue weighted by atomic mass is 9.76. The fourth-order valence-corrected chi connectivity index (χ4v) is 3.57. The van der Waals surface area contributed by atoms with E-state index in [1.54, 1.807) is 0 Å². The van der Waals surface area contributed by atoms with E-state index < -0.39 is 0 Å². The number of ether oxygens (including phenoxy) is 1. The minimum absolute atomic E-state index is 0.109. The van der Waals surface area contributed by atoms with Crippen molar-refractivity contribution in [3.63, 3.8) is 0 Å². The van der Waals surface area contributed by atoms with E-state index in [0.717, 1.165) is 31.2 Å². The maximum atomic E-state index is 6.45. The highest BCUT2D eigenvalue weighted by Crippen LogP contribution is 2.37. The van der Waals surface area contributed by atoms with Crippen molar-refractivity contribution in [1.82, 2.24) is 5.32 Å². The van der Waals surface area contributed by atoms with Gasteiger partial charge >= 0.3 is 0 Å². The molecule has 2 heteroatoms. The van der Waals surface area contributed by atoms with Gasteiger partial charge in [0.05, 0.1) is 11.7 Å². The van der Waals surface area contributed by atoms with Crippen LogP contribution in [-0.4, -0.2) is 24.3 Å². The Morgan fingerprint density at radius 1 is 1.19 bits per heavy atom. The zero-order chi connectivity index (χ0) is 11.8. The monoisotopic (exact) mass is 225 g/mol. The minimum Gasteiger partial charge on any atom is -0.369 e. The highest BCUT2D eigenvalue weighted by Gasteiger charge is 2.43. The quantitative estimate of drug-likeness (QED) is 0.780. The number of fused-ring (bicyclic) bond motifs is 1. The lowest BCUT2D eigenvalue weighted by Crippen LogP contribution is -2.62. The molecule has 0 aromatic heterocycles. The Morgan fingerprint density at radius 2 is 1.88 bits per heavy atom. The second kappa shape index (κ2) is 4.66. The van der Waals surface area contributed by atoms with Crippen LogP contribution in [-0.2, 0) is 4.74 Å². The van der Waals surface area contributed by atoms with Crippen LogP contribution in [0.1, 0.15) is 53.4 Å². The third-order valence-electron chi connectivity index (χ3n) is 4.77. The first-order valence-electron chi connectivity index (χ1n) is 7.01. The first-order valence-corrected chi connectivity index (χ1v) is 7.01. The summed E-state index contributed by atoms with van der Waals surface area (Å²) in [7, 11) is 0. The van der Waals surface area contributed by atoms with Crippen molar-refractivity contribution in [3.8, 4) is 0 Å². The molecular weight excluding hydrogens is 198 g/mol. The van der Waals surface area contributed by atoms with Crippen LogP contribution in [0.3, 0.4) is 0 Å². The third kappa shape index (κ3) is 2.14. The molecule has 1 N–H and O–H groups in total. The summed E-state index contributed by atoms with van der Waals surface area (Å²) in [6.07, 6.45) is 5.30. The first kappa shape index (κ1) is 12.4. The Balaban J connectivity index is 2.07. The molecule has 2 fully saturated rings. The van der Waals surface area contributed by atoms with E-state index in [2.05, 4.69) is 33.0 Å². The van der Waals surface area contributed by atoms with Crippen LogP contribution in [0.25, 0.3) is 0 Å². The lowest BCUT2D eigenvalue weighted by molar-refractivity contribution is -0.163. The Hall–Kier alpha value is -0.0800. The van der Waals surface area contributed by atoms with Crippen LogP contribution in [0.15, 0.2) is 0 Å². The second-order valence-electron chi connectivity index (χ2n) is 6.01. The Kier molecular flexibility index (Phi) is 3.60. The van der Waals surface area contributed by atoms with Gasteiger partial charge in [0.2, 0.25) is 0 Å². The summed E-state index contributed by atoms with van der Waals surface area (Å²) >= 11 is 0. The first-order chi connectivity index (χ1) is 7.60. The van der Waals surface area contributed by atoms with E-state index in [1.807, 2.05) is 0 Å². The molecule has 1 aliphatic carbocycles. The van der Waals surface area contributed by atoms with Crippen molar-refractivity contribution in [2.24, 2.45) is 11.8 Å². The van der Waals surface area contributed by atoms with Crippen molar-refractivity contribution in [3.05, 3.63) is 0 Å². The lowest BCUT2D eigenvalue weighted by Gasteiger charge is -2.50. The predicted molar refractivity (Wildman–Crippen MR) is 67.5 cm³/mol. The number of morpholine rings is 1. The number of hydrogen-bond donors (Lipinski definition) is 1. The van der Waals surface area contributed by atoms with Crippen molar-refractivity contribution in [2.45, 2.75) is 71.1 Å². The van der Waals surface area contributed by atoms with Crippen LogP contribution in [0, 0.1) is 11.8 Å². The van der Waals surface area contributed by atoms with E-state index in [0.29, 0.717) is 12.1 Å². The molecule has 16 heavy (non-hydrogen) atoms. The van der Waals surface area contributed by atoms with Crippen molar-refractivity contribution in [1.29, 1.82) is 0 Å². The number of nitrogens with one attached hydrogen (secondary N) is 1. The van der Waals surface area contributed by atoms with Gasteiger partial charge < -0.3 is 10.1 Å². The average Bonchev–Trinajstić information content (AvgIpc) is 2.27. The molecule has 0 bridgehead atoms. The van der Waals surface area contributed by atoms with Gasteiger partial charge in [-0.3, -0.25) is 0 Å². The maximum absolute atomic E-state index is 6.45. The molecule has 0 radical (unpaired) electrons. The van der Waals surface area contributed by atoms with Gasteiger partial charge in [-0.15, -0.1) is 0 Å². The Labute approximate surface area is 100 Å². The van der Waals surface area contributed by atoms with Crippen molar-refractivity contribution in [2.75, 3.05) is 6.54 Å². The standard InChI is InChI=1S/C14H27NO/c1-5-14(6-2)9-15-13-11(4)7-10(3)8-12(13)16-14/h10-13,15H,5-9H2,1-4H3. The third-order valence-corrected chi connectivity index (χ3v) is 4.77. The molecule has 1 heterocycles. The molecule has 94 valence electrons. The summed E-state index contributed by atoms with van der Waals surface area (Å²) in [6.45, 7) is 10.3. The molecule has 0 aromatic carbocycles. The summed E-state index contributed by atoms with van der Waals surface area (Å²) in [5.41, 5.74) is 0.109. The van der Waals surface area contributed by atoms with Crippen LogP contribution >= 0.6 is 0 Å². The van der Waals surface area contributed by atoms with Gasteiger partial charge in [0, 0.05) is 12.6 Å². The van der Waals surface area contributed by atoms with E-state index in [1.165, 1.54) is 12.8 Å². The summed E-state index contributed by atoms with van der Waals surface area (Å²) in [4.78, 5) is 0. The SMILES string of the molecule is CCC1(CC)CNC2C(C)CC(C)CC2O1. The molecule has 1 saturated carbocycles. The highest BCUT2D eigenvalue weighted by atomic mass is 16.5. The minimum atomic E-state index is 0.109. The summed E-state index contributed by atoms with van der Waals surface area (Å²) < 4.78 is 6.45. The molecule has 4 unspecified atom stereocenters. The summed E-state index contributed by atoms with van der Waals surface area (Å²) in [5, 5.41) is 3.76. The Bertz CT molecular complexity index is 237.